The smallest absolute Gasteiger partial charge is 0.266 e. The summed E-state index contributed by atoms with van der Waals surface area (Å²) in [4.78, 5) is 52.3. The predicted molar refractivity (Wildman–Crippen MR) is 337 cm³/mol. The van der Waals surface area contributed by atoms with E-state index in [1.54, 1.807) is 131 Å². The maximum Gasteiger partial charge on any atom is 0.266 e. The SMILES string of the molecule is COc1cc(OC)c(-c2c3nc(c(-c4c(OC)cc(OC)cc4OC)c4ccc([nH]4)c(-c4cccc5c4oc4c(C(=O)N(c6cncnc6)c6cncnc6)cccc45)c4nc(c(-c5c(OC)cc(OC)cc5OC)c5ccc2[nH]5)C=C4)C=C3)c(OC)c1. The van der Waals surface area contributed by atoms with Gasteiger partial charge in [-0.25, -0.2) is 29.9 Å². The molecular weight excluding hydrogens is 1120 g/mol. The van der Waals surface area contributed by atoms with Gasteiger partial charge in [-0.2, -0.15) is 0 Å². The summed E-state index contributed by atoms with van der Waals surface area (Å²) in [6.45, 7) is 0. The second-order valence-corrected chi connectivity index (χ2v) is 20.0. The van der Waals surface area contributed by atoms with Crippen molar-refractivity contribution in [1.82, 2.24) is 39.9 Å². The van der Waals surface area contributed by atoms with Crippen molar-refractivity contribution < 1.29 is 51.8 Å². The number of carbonyl (C=O) groups excluding carboxylic acids is 1. The number of methoxy groups -OCH3 is 9. The summed E-state index contributed by atoms with van der Waals surface area (Å²) in [5.74, 6) is 3.85. The molecule has 20 nitrogen and oxygen atoms in total. The lowest BCUT2D eigenvalue weighted by atomic mass is 10.00. The molecule has 88 heavy (non-hydrogen) atoms. The third kappa shape index (κ3) is 9.39. The third-order valence-electron chi connectivity index (χ3n) is 15.5. The minimum Gasteiger partial charge on any atom is -0.496 e. The Morgan fingerprint density at radius 3 is 1.10 bits per heavy atom. The number of aromatic amines is 2. The summed E-state index contributed by atoms with van der Waals surface area (Å²) in [6.07, 6.45) is 16.8. The van der Waals surface area contributed by atoms with E-state index < -0.39 is 5.91 Å². The number of amides is 1. The zero-order chi connectivity index (χ0) is 60.7. The molecule has 0 aliphatic carbocycles. The fraction of sp³-hybridized carbons (Fsp3) is 0.132. The standard InChI is InChI=1S/C68H55N9O11/c1-79-38-24-53(82-4)63(54(25-38)83-5)60-47-18-16-45(73-47)59(43-14-10-12-41-42-13-11-15-44(67(42)88-66(41)43)68(78)77(36-30-69-34-70-31-36)37-32-71-35-72-33-37)46-17-19-48(74-46)61(64-55(84-6)26-39(80-2)27-56(64)85-7)50-21-23-52(76-50)62(51-22-20-49(60)75-51)65-57(86-8)28-40(81-3)29-58(65)87-9/h10-35,73,76H,1-9H3. The summed E-state index contributed by atoms with van der Waals surface area (Å²) < 4.78 is 61.6. The third-order valence-corrected chi connectivity index (χ3v) is 15.5. The Morgan fingerprint density at radius 1 is 0.398 bits per heavy atom. The Hall–Kier alpha value is -11.7. The van der Waals surface area contributed by atoms with Crippen LogP contribution in [0, 0.1) is 0 Å². The van der Waals surface area contributed by atoms with E-state index in [2.05, 4.69) is 29.9 Å². The lowest BCUT2D eigenvalue weighted by molar-refractivity contribution is 0.0999. The molecule has 2 aliphatic rings. The number of H-pyrrole nitrogens is 2. The molecule has 0 atom stereocenters. The Morgan fingerprint density at radius 2 is 0.739 bits per heavy atom. The van der Waals surface area contributed by atoms with Crippen LogP contribution < -0.4 is 47.5 Å². The van der Waals surface area contributed by atoms with Crippen LogP contribution in [0.15, 0.2) is 139 Å². The Labute approximate surface area is 503 Å². The van der Waals surface area contributed by atoms with E-state index in [1.807, 2.05) is 78.9 Å². The van der Waals surface area contributed by atoms with Crippen LogP contribution in [0.4, 0.5) is 11.4 Å². The number of nitrogens with zero attached hydrogens (tertiary/aromatic N) is 7. The molecule has 6 aromatic heterocycles. The minimum absolute atomic E-state index is 0.269. The van der Waals surface area contributed by atoms with E-state index in [0.717, 1.165) is 5.39 Å². The first-order valence-electron chi connectivity index (χ1n) is 27.5. The molecule has 20 heteroatoms. The number of hydrogen-bond donors (Lipinski definition) is 2. The second kappa shape index (κ2) is 23.1. The van der Waals surface area contributed by atoms with Crippen molar-refractivity contribution in [2.75, 3.05) is 68.9 Å². The average Bonchev–Trinajstić information content (AvgIpc) is 2.82. The van der Waals surface area contributed by atoms with Gasteiger partial charge in [0.15, 0.2) is 0 Å². The number of anilines is 2. The predicted octanol–water partition coefficient (Wildman–Crippen LogP) is 13.9. The molecule has 2 aliphatic heterocycles. The van der Waals surface area contributed by atoms with Gasteiger partial charge in [0, 0.05) is 97.1 Å². The highest BCUT2D eigenvalue weighted by Crippen LogP contribution is 2.51. The van der Waals surface area contributed by atoms with E-state index in [9.17, 15) is 0 Å². The molecule has 8 bridgehead atoms. The molecule has 0 fully saturated rings. The Balaban J connectivity index is 1.19. The normalized spacial score (nSPS) is 11.6. The molecule has 5 aromatic carbocycles. The number of nitrogens with one attached hydrogen (secondary N) is 2. The first-order chi connectivity index (χ1) is 43.1. The van der Waals surface area contributed by atoms with Crippen LogP contribution in [0.1, 0.15) is 33.1 Å². The number of para-hydroxylation sites is 2. The van der Waals surface area contributed by atoms with Gasteiger partial charge in [-0.1, -0.05) is 30.3 Å². The highest BCUT2D eigenvalue weighted by atomic mass is 16.5. The molecule has 1 amide bonds. The maximum absolute atomic E-state index is 15.2. The van der Waals surface area contributed by atoms with E-state index in [0.29, 0.717) is 169 Å². The van der Waals surface area contributed by atoms with Crippen LogP contribution >= 0.6 is 0 Å². The van der Waals surface area contributed by atoms with Gasteiger partial charge in [-0.3, -0.25) is 9.69 Å². The van der Waals surface area contributed by atoms with Crippen molar-refractivity contribution in [2.24, 2.45) is 0 Å². The fourth-order valence-corrected chi connectivity index (χ4v) is 11.5. The molecular formula is C68H55N9O11. The topological polar surface area (TPSA) is 225 Å². The molecule has 0 radical (unpaired) electrons. The van der Waals surface area contributed by atoms with Crippen LogP contribution in [0.2, 0.25) is 0 Å². The highest BCUT2D eigenvalue weighted by Gasteiger charge is 2.30. The zero-order valence-corrected chi connectivity index (χ0v) is 49.1. The summed E-state index contributed by atoms with van der Waals surface area (Å²) in [7, 11) is 14.3. The number of aromatic nitrogens is 8. The highest BCUT2D eigenvalue weighted by molar-refractivity contribution is 6.21. The first-order valence-corrected chi connectivity index (χ1v) is 27.5. The molecule has 0 saturated heterocycles. The van der Waals surface area contributed by atoms with Gasteiger partial charge in [0.25, 0.3) is 5.91 Å². The van der Waals surface area contributed by atoms with E-state index in [1.165, 1.54) is 17.6 Å². The van der Waals surface area contributed by atoms with Crippen molar-refractivity contribution in [3.63, 3.8) is 0 Å². The number of benzene rings is 5. The van der Waals surface area contributed by atoms with Gasteiger partial charge in [0.1, 0.15) is 75.6 Å². The van der Waals surface area contributed by atoms with E-state index in [4.69, 9.17) is 57.0 Å². The van der Waals surface area contributed by atoms with Crippen LogP contribution in [0.5, 0.6) is 51.7 Å². The maximum atomic E-state index is 15.2. The van der Waals surface area contributed by atoms with Gasteiger partial charge in [-0.15, -0.1) is 0 Å². The number of ether oxygens (including phenoxy) is 9. The van der Waals surface area contributed by atoms with E-state index in [-0.39, 0.29) is 5.56 Å². The van der Waals surface area contributed by atoms with E-state index >= 15 is 4.79 Å². The Kier molecular flexibility index (Phi) is 14.6. The summed E-state index contributed by atoms with van der Waals surface area (Å²) in [5.41, 5.74) is 11.5. The lowest BCUT2D eigenvalue weighted by Crippen LogP contribution is -2.26. The summed E-state index contributed by atoms with van der Waals surface area (Å²) in [5, 5.41) is 1.43. The van der Waals surface area contributed by atoms with Crippen molar-refractivity contribution in [2.45, 2.75) is 0 Å². The number of hydrogen-bond acceptors (Lipinski definition) is 17. The van der Waals surface area contributed by atoms with Crippen molar-refractivity contribution >= 4 is 85.6 Å². The minimum atomic E-state index is -0.423. The Bertz CT molecular complexity index is 4650. The molecule has 438 valence electrons. The van der Waals surface area contributed by atoms with Crippen molar-refractivity contribution in [3.8, 4) is 96.3 Å². The second-order valence-electron chi connectivity index (χ2n) is 20.0. The number of rotatable bonds is 16. The van der Waals surface area contributed by atoms with Crippen LogP contribution in [-0.2, 0) is 0 Å². The van der Waals surface area contributed by atoms with Gasteiger partial charge >= 0.3 is 0 Å². The van der Waals surface area contributed by atoms with Crippen LogP contribution in [0.25, 0.3) is 113 Å². The van der Waals surface area contributed by atoms with Gasteiger partial charge in [-0.05, 0) is 54.6 Å². The van der Waals surface area contributed by atoms with Gasteiger partial charge in [0.05, 0.1) is 145 Å². The number of furan rings is 1. The molecule has 2 N–H and O–H groups in total. The summed E-state index contributed by atoms with van der Waals surface area (Å²) in [6, 6.07) is 30.1. The fourth-order valence-electron chi connectivity index (χ4n) is 11.5. The quantitative estimate of drug-likeness (QED) is 0.0917. The molecule has 13 rings (SSSR count). The molecule has 0 unspecified atom stereocenters. The van der Waals surface area contributed by atoms with Crippen molar-refractivity contribution in [3.05, 3.63) is 163 Å². The van der Waals surface area contributed by atoms with Gasteiger partial charge < -0.3 is 57.0 Å². The summed E-state index contributed by atoms with van der Waals surface area (Å²) >= 11 is 0. The van der Waals surface area contributed by atoms with Crippen molar-refractivity contribution in [1.29, 1.82) is 0 Å². The number of fused-ring (bicyclic) bond motifs is 11. The molecule has 8 heterocycles. The number of carbonyl (C=O) groups is 1. The monoisotopic (exact) mass is 1170 g/mol. The van der Waals surface area contributed by atoms with Gasteiger partial charge in [0.2, 0.25) is 0 Å². The van der Waals surface area contributed by atoms with Crippen LogP contribution in [-0.4, -0.2) is 110 Å². The first kappa shape index (κ1) is 55.5. The van der Waals surface area contributed by atoms with Crippen LogP contribution in [0.3, 0.4) is 0 Å². The molecule has 0 spiro atoms. The largest absolute Gasteiger partial charge is 0.496 e. The molecule has 11 aromatic rings. The molecule has 0 saturated carbocycles. The lowest BCUT2D eigenvalue weighted by Gasteiger charge is -2.21. The average molecular weight is 1170 g/mol. The zero-order valence-electron chi connectivity index (χ0n) is 49.1.